The molecule has 0 atom stereocenters. The molecular weight excluding hydrogens is 444 g/mol. The summed E-state index contributed by atoms with van der Waals surface area (Å²) in [6.07, 6.45) is 0. The van der Waals surface area contributed by atoms with E-state index < -0.39 is 21.7 Å². The largest absolute Gasteiger partial charge is 0.419 e. The second-order valence-electron chi connectivity index (χ2n) is 7.39. The van der Waals surface area contributed by atoms with Crippen LogP contribution in [0, 0.1) is 0 Å². The molecule has 0 aliphatic rings. The molecule has 3 aromatic rings. The Balaban J connectivity index is 1.92. The van der Waals surface area contributed by atoms with E-state index in [9.17, 15) is 18.0 Å². The highest BCUT2D eigenvalue weighted by molar-refractivity contribution is 7.89. The van der Waals surface area contributed by atoms with Crippen molar-refractivity contribution < 1.29 is 17.6 Å². The highest BCUT2D eigenvalue weighted by Crippen LogP contribution is 2.26. The van der Waals surface area contributed by atoms with E-state index in [4.69, 9.17) is 16.0 Å². The fourth-order valence-corrected chi connectivity index (χ4v) is 4.29. The fourth-order valence-electron chi connectivity index (χ4n) is 2.89. The number of hydrogen-bond acceptors (Lipinski definition) is 6. The van der Waals surface area contributed by atoms with Crippen LogP contribution in [0.25, 0.3) is 11.1 Å². The Kier molecular flexibility index (Phi) is 6.56. The molecule has 1 amide bonds. The maximum Gasteiger partial charge on any atom is 0.419 e. The third-order valence-electron chi connectivity index (χ3n) is 4.65. The van der Waals surface area contributed by atoms with Gasteiger partial charge in [-0.25, -0.2) is 17.5 Å². The van der Waals surface area contributed by atoms with Gasteiger partial charge in [0.25, 0.3) is 5.91 Å². The highest BCUT2D eigenvalue weighted by atomic mass is 35.5. The van der Waals surface area contributed by atoms with Gasteiger partial charge in [-0.05, 0) is 50.5 Å². The van der Waals surface area contributed by atoms with Gasteiger partial charge in [-0.3, -0.25) is 9.36 Å². The summed E-state index contributed by atoms with van der Waals surface area (Å²) >= 11 is 6.04. The van der Waals surface area contributed by atoms with Gasteiger partial charge in [0.05, 0.1) is 10.5 Å². The minimum atomic E-state index is -3.81. The van der Waals surface area contributed by atoms with Crippen LogP contribution in [0.5, 0.6) is 0 Å². The summed E-state index contributed by atoms with van der Waals surface area (Å²) in [7, 11) is 2.75. The zero-order valence-corrected chi connectivity index (χ0v) is 19.1. The number of benzene rings is 2. The Morgan fingerprint density at radius 2 is 1.84 bits per heavy atom. The smallest absolute Gasteiger partial charge is 0.408 e. The summed E-state index contributed by atoms with van der Waals surface area (Å²) in [5.41, 5.74) is 1.52. The lowest BCUT2D eigenvalue weighted by Crippen LogP contribution is -2.23. The predicted octanol–water partition coefficient (Wildman–Crippen LogP) is 2.31. The van der Waals surface area contributed by atoms with Crippen LogP contribution >= 0.6 is 11.6 Å². The molecule has 11 heteroatoms. The van der Waals surface area contributed by atoms with Gasteiger partial charge in [0, 0.05) is 38.4 Å². The first-order valence-electron chi connectivity index (χ1n) is 9.32. The van der Waals surface area contributed by atoms with E-state index in [-0.39, 0.29) is 15.5 Å². The number of rotatable bonds is 7. The maximum atomic E-state index is 12.8. The van der Waals surface area contributed by atoms with Crippen LogP contribution in [-0.2, 0) is 16.6 Å². The van der Waals surface area contributed by atoms with Crippen molar-refractivity contribution >= 4 is 44.3 Å². The number of nitrogens with one attached hydrogen (secondary N) is 1. The fraction of sp³-hybridized carbons (Fsp3) is 0.300. The molecule has 0 fully saturated rings. The van der Waals surface area contributed by atoms with Gasteiger partial charge < -0.3 is 14.6 Å². The summed E-state index contributed by atoms with van der Waals surface area (Å²) in [4.78, 5) is 26.7. The van der Waals surface area contributed by atoms with Crippen molar-refractivity contribution in [3.8, 4) is 0 Å². The van der Waals surface area contributed by atoms with Gasteiger partial charge in [-0.1, -0.05) is 11.6 Å². The third-order valence-corrected chi connectivity index (χ3v) is 6.94. The lowest BCUT2D eigenvalue weighted by atomic mass is 10.2. The summed E-state index contributed by atoms with van der Waals surface area (Å²) in [6.45, 7) is 1.07. The van der Waals surface area contributed by atoms with Gasteiger partial charge in [0.15, 0.2) is 5.58 Å². The molecule has 0 saturated carbocycles. The molecule has 0 bridgehead atoms. The lowest BCUT2D eigenvalue weighted by Gasteiger charge is -2.14. The number of hydrogen-bond donors (Lipinski definition) is 1. The number of likely N-dealkylation sites (N-methyl/N-ethyl adjacent to an activating group) is 1. The summed E-state index contributed by atoms with van der Waals surface area (Å²) in [6, 6.07) is 8.88. The van der Waals surface area contributed by atoms with Crippen molar-refractivity contribution in [1.82, 2.24) is 13.8 Å². The van der Waals surface area contributed by atoms with E-state index in [1.165, 1.54) is 36.9 Å². The van der Waals surface area contributed by atoms with Gasteiger partial charge in [-0.15, -0.1) is 0 Å². The van der Waals surface area contributed by atoms with E-state index in [1.807, 2.05) is 19.0 Å². The molecule has 2 aromatic carbocycles. The van der Waals surface area contributed by atoms with E-state index >= 15 is 0 Å². The minimum absolute atomic E-state index is 0.0231. The molecule has 1 heterocycles. The number of carbonyl (C=O) groups excluding carboxylic acids is 1. The van der Waals surface area contributed by atoms with E-state index in [1.54, 1.807) is 18.2 Å². The number of anilines is 1. The standard InChI is InChI=1S/C20H23ClN4O5S/c1-23(2)9-10-25-16-12-14(6-8-17(16)30-20(25)27)22-19(26)13-5-7-15(21)18(11-13)31(28,29)24(3)4/h5-8,11-12H,9-10H2,1-4H3,(H,22,26). The number of oxazole rings is 1. The van der Waals surface area contributed by atoms with Crippen molar-refractivity contribution in [2.45, 2.75) is 11.4 Å². The Morgan fingerprint density at radius 3 is 2.48 bits per heavy atom. The molecule has 1 aromatic heterocycles. The van der Waals surface area contributed by atoms with Crippen LogP contribution in [0.4, 0.5) is 5.69 Å². The van der Waals surface area contributed by atoms with Crippen molar-refractivity contribution in [3.05, 3.63) is 57.5 Å². The summed E-state index contributed by atoms with van der Waals surface area (Å²) in [5, 5.41) is 2.74. The molecular formula is C20H23ClN4O5S. The first-order chi connectivity index (χ1) is 14.5. The molecule has 1 N–H and O–H groups in total. The van der Waals surface area contributed by atoms with E-state index in [2.05, 4.69) is 5.32 Å². The highest BCUT2D eigenvalue weighted by Gasteiger charge is 2.22. The van der Waals surface area contributed by atoms with Gasteiger partial charge in [0.1, 0.15) is 4.90 Å². The summed E-state index contributed by atoms with van der Waals surface area (Å²) in [5.74, 6) is -0.992. The number of sulfonamides is 1. The number of halogens is 1. The van der Waals surface area contributed by atoms with E-state index in [0.717, 1.165) is 4.31 Å². The van der Waals surface area contributed by atoms with Gasteiger partial charge in [-0.2, -0.15) is 0 Å². The van der Waals surface area contributed by atoms with E-state index in [0.29, 0.717) is 29.9 Å². The molecule has 0 saturated heterocycles. The molecule has 0 spiro atoms. The zero-order chi connectivity index (χ0) is 22.9. The van der Waals surface area contributed by atoms with Crippen LogP contribution in [0.1, 0.15) is 10.4 Å². The first kappa shape index (κ1) is 23.0. The van der Waals surface area contributed by atoms with Crippen LogP contribution in [0.3, 0.4) is 0 Å². The molecule has 0 unspecified atom stereocenters. The van der Waals surface area contributed by atoms with Crippen molar-refractivity contribution in [2.75, 3.05) is 40.1 Å². The topological polar surface area (TPSA) is 105 Å². The SMILES string of the molecule is CN(C)CCn1c(=O)oc2ccc(NC(=O)c3ccc(Cl)c(S(=O)(=O)N(C)C)c3)cc21. The molecule has 0 aliphatic carbocycles. The monoisotopic (exact) mass is 466 g/mol. The average molecular weight is 467 g/mol. The molecule has 166 valence electrons. The summed E-state index contributed by atoms with van der Waals surface area (Å²) < 4.78 is 32.7. The van der Waals surface area contributed by atoms with Crippen molar-refractivity contribution in [3.63, 3.8) is 0 Å². The average Bonchev–Trinajstić information content (AvgIpc) is 3.00. The second-order valence-corrected chi connectivity index (χ2v) is 9.92. The maximum absolute atomic E-state index is 12.8. The number of nitrogens with zero attached hydrogens (tertiary/aromatic N) is 3. The van der Waals surface area contributed by atoms with Gasteiger partial charge >= 0.3 is 5.76 Å². The van der Waals surface area contributed by atoms with Crippen LogP contribution < -0.4 is 11.1 Å². The van der Waals surface area contributed by atoms with Crippen LogP contribution in [0.15, 0.2) is 50.5 Å². The number of fused-ring (bicyclic) bond motifs is 1. The number of amides is 1. The Labute approximate surface area is 184 Å². The Hall–Kier alpha value is -2.66. The number of aromatic nitrogens is 1. The molecule has 0 aliphatic heterocycles. The van der Waals surface area contributed by atoms with Crippen molar-refractivity contribution in [1.29, 1.82) is 0 Å². The second kappa shape index (κ2) is 8.83. The molecule has 0 radical (unpaired) electrons. The van der Waals surface area contributed by atoms with Crippen molar-refractivity contribution in [2.24, 2.45) is 0 Å². The number of carbonyl (C=O) groups is 1. The minimum Gasteiger partial charge on any atom is -0.408 e. The predicted molar refractivity (Wildman–Crippen MR) is 119 cm³/mol. The Bertz CT molecular complexity index is 1290. The molecule has 9 nitrogen and oxygen atoms in total. The Morgan fingerprint density at radius 1 is 1.13 bits per heavy atom. The molecule has 3 rings (SSSR count). The third kappa shape index (κ3) is 4.82. The van der Waals surface area contributed by atoms with Gasteiger partial charge in [0.2, 0.25) is 10.0 Å². The zero-order valence-electron chi connectivity index (χ0n) is 17.5. The van der Waals surface area contributed by atoms with Crippen LogP contribution in [0.2, 0.25) is 5.02 Å². The first-order valence-corrected chi connectivity index (χ1v) is 11.1. The van der Waals surface area contributed by atoms with Crippen LogP contribution in [-0.4, -0.2) is 62.8 Å². The molecule has 31 heavy (non-hydrogen) atoms. The normalized spacial score (nSPS) is 12.1. The quantitative estimate of drug-likeness (QED) is 0.573. The lowest BCUT2D eigenvalue weighted by molar-refractivity contribution is 0.102.